The third-order valence-corrected chi connectivity index (χ3v) is 8.20. The molecule has 4 saturated heterocycles. The lowest BCUT2D eigenvalue weighted by Gasteiger charge is -2.49. The topological polar surface area (TPSA) is 348 Å². The standard InChI is InChI=1S/C24H42O21/c25-1-5-9(29)10(30)15(35)22(40-5)44-19-7(3-27)42-24(17(37)12(19)32)45-20-8(4-28)41-23(16(36)13(20)33)43-18-6(2-26)39-21(38)14(34)11(18)31/h5-38H,1-4H2/t5-,6-,7-,8-,9+,10+,11+,12-,13-,14+,15+,16+,17+,18-,19-,20-,21-,22+,23+,24+/m1/s1. The third kappa shape index (κ3) is 7.44. The minimum Gasteiger partial charge on any atom is -0.394 e. The van der Waals surface area contributed by atoms with Crippen molar-refractivity contribution in [1.82, 2.24) is 0 Å². The van der Waals surface area contributed by atoms with Gasteiger partial charge in [0.15, 0.2) is 25.2 Å². The molecule has 4 rings (SSSR count). The Morgan fingerprint density at radius 2 is 0.644 bits per heavy atom. The Kier molecular flexibility index (Phi) is 12.8. The van der Waals surface area contributed by atoms with Gasteiger partial charge in [0.2, 0.25) is 0 Å². The Morgan fingerprint density at radius 1 is 0.333 bits per heavy atom. The number of ether oxygens (including phenoxy) is 7. The molecule has 4 aliphatic rings. The van der Waals surface area contributed by atoms with Crippen LogP contribution in [0.1, 0.15) is 0 Å². The lowest BCUT2D eigenvalue weighted by atomic mass is 9.95. The SMILES string of the molecule is OC[C@H]1O[C@@H](O[C@H]2[C@H](O)[C@H](O)[C@H](O[C@H]3[C@H](O)[C@H](O)[C@H](O[C@H]4[C@@H](O)[C@H](O)[C@H](O)O[C@@H]4CO)O[C@@H]3CO)O[C@@H]2CO)[C@@H](O)[C@@H](O)[C@H]1O. The van der Waals surface area contributed by atoms with E-state index in [-0.39, 0.29) is 0 Å². The van der Waals surface area contributed by atoms with Crippen LogP contribution in [0.5, 0.6) is 0 Å². The first-order chi connectivity index (χ1) is 21.3. The van der Waals surface area contributed by atoms with E-state index in [1.807, 2.05) is 0 Å². The molecule has 0 aromatic heterocycles. The molecule has 4 fully saturated rings. The van der Waals surface area contributed by atoms with Gasteiger partial charge in [-0.05, 0) is 0 Å². The Morgan fingerprint density at radius 3 is 1.02 bits per heavy atom. The Bertz CT molecular complexity index is 910. The van der Waals surface area contributed by atoms with Gasteiger partial charge in [-0.25, -0.2) is 0 Å². The van der Waals surface area contributed by atoms with Crippen molar-refractivity contribution in [2.24, 2.45) is 0 Å². The molecule has 4 aliphatic heterocycles. The van der Waals surface area contributed by atoms with Gasteiger partial charge in [0.05, 0.1) is 26.4 Å². The van der Waals surface area contributed by atoms with Crippen molar-refractivity contribution in [1.29, 1.82) is 0 Å². The van der Waals surface area contributed by atoms with Crippen LogP contribution in [0, 0.1) is 0 Å². The molecule has 4 heterocycles. The molecule has 0 amide bonds. The third-order valence-electron chi connectivity index (χ3n) is 8.20. The van der Waals surface area contributed by atoms with Crippen molar-refractivity contribution in [2.45, 2.75) is 123 Å². The van der Waals surface area contributed by atoms with Crippen LogP contribution in [0.3, 0.4) is 0 Å². The summed E-state index contributed by atoms with van der Waals surface area (Å²) in [6.07, 6.45) is -35.3. The van der Waals surface area contributed by atoms with Gasteiger partial charge in [-0.3, -0.25) is 0 Å². The van der Waals surface area contributed by atoms with E-state index in [9.17, 15) is 71.5 Å². The molecule has 0 aliphatic carbocycles. The van der Waals surface area contributed by atoms with Gasteiger partial charge in [-0.1, -0.05) is 0 Å². The minimum absolute atomic E-state index is 0.784. The van der Waals surface area contributed by atoms with Gasteiger partial charge in [0.25, 0.3) is 0 Å². The Balaban J connectivity index is 1.43. The van der Waals surface area contributed by atoms with E-state index in [2.05, 4.69) is 0 Å². The van der Waals surface area contributed by atoms with Crippen molar-refractivity contribution < 1.29 is 105 Å². The zero-order chi connectivity index (χ0) is 33.3. The van der Waals surface area contributed by atoms with Crippen LogP contribution in [0.4, 0.5) is 0 Å². The maximum Gasteiger partial charge on any atom is 0.187 e. The van der Waals surface area contributed by atoms with Crippen LogP contribution in [0.25, 0.3) is 0 Å². The predicted molar refractivity (Wildman–Crippen MR) is 134 cm³/mol. The smallest absolute Gasteiger partial charge is 0.187 e. The second kappa shape index (κ2) is 15.6. The molecule has 21 nitrogen and oxygen atoms in total. The van der Waals surface area contributed by atoms with Crippen molar-refractivity contribution in [3.8, 4) is 0 Å². The zero-order valence-electron chi connectivity index (χ0n) is 23.5. The summed E-state index contributed by atoms with van der Waals surface area (Å²) < 4.78 is 37.7. The van der Waals surface area contributed by atoms with Gasteiger partial charge >= 0.3 is 0 Å². The molecule has 0 unspecified atom stereocenters. The van der Waals surface area contributed by atoms with Crippen LogP contribution >= 0.6 is 0 Å². The number of aliphatic hydroxyl groups is 14. The molecule has 20 atom stereocenters. The highest BCUT2D eigenvalue weighted by Crippen LogP contribution is 2.34. The van der Waals surface area contributed by atoms with E-state index >= 15 is 0 Å². The van der Waals surface area contributed by atoms with E-state index in [0.29, 0.717) is 0 Å². The van der Waals surface area contributed by atoms with Crippen molar-refractivity contribution >= 4 is 0 Å². The number of hydrogen-bond donors (Lipinski definition) is 14. The summed E-state index contributed by atoms with van der Waals surface area (Å²) in [5, 5.41) is 142. The summed E-state index contributed by atoms with van der Waals surface area (Å²) in [5.74, 6) is 0. The second-order valence-electron chi connectivity index (χ2n) is 11.1. The molecule has 21 heteroatoms. The van der Waals surface area contributed by atoms with Gasteiger partial charge in [-0.15, -0.1) is 0 Å². The first-order valence-electron chi connectivity index (χ1n) is 14.1. The summed E-state index contributed by atoms with van der Waals surface area (Å²) in [5.41, 5.74) is 0. The van der Waals surface area contributed by atoms with Crippen LogP contribution in [0.2, 0.25) is 0 Å². The number of aliphatic hydroxyl groups excluding tert-OH is 14. The van der Waals surface area contributed by atoms with E-state index in [4.69, 9.17) is 33.2 Å². The predicted octanol–water partition coefficient (Wildman–Crippen LogP) is -9.75. The molecule has 14 N–H and O–H groups in total. The first-order valence-corrected chi connectivity index (χ1v) is 14.1. The fourth-order valence-electron chi connectivity index (χ4n) is 5.55. The zero-order valence-corrected chi connectivity index (χ0v) is 23.5. The van der Waals surface area contributed by atoms with Crippen LogP contribution < -0.4 is 0 Å². The lowest BCUT2D eigenvalue weighted by molar-refractivity contribution is -0.387. The van der Waals surface area contributed by atoms with Crippen LogP contribution in [-0.2, 0) is 33.2 Å². The van der Waals surface area contributed by atoms with Gasteiger partial charge in [0.1, 0.15) is 97.7 Å². The molecule has 264 valence electrons. The van der Waals surface area contributed by atoms with E-state index in [1.165, 1.54) is 0 Å². The van der Waals surface area contributed by atoms with E-state index in [1.54, 1.807) is 0 Å². The van der Waals surface area contributed by atoms with Crippen molar-refractivity contribution in [3.05, 3.63) is 0 Å². The Hall–Kier alpha value is -0.840. The lowest BCUT2D eigenvalue weighted by Crippen LogP contribution is -2.67. The molecular formula is C24H42O21. The Labute approximate surface area is 254 Å². The fraction of sp³-hybridized carbons (Fsp3) is 1.00. The van der Waals surface area contributed by atoms with Gasteiger partial charge in [-0.2, -0.15) is 0 Å². The molecule has 0 spiro atoms. The van der Waals surface area contributed by atoms with E-state index < -0.39 is 149 Å². The summed E-state index contributed by atoms with van der Waals surface area (Å²) in [7, 11) is 0. The second-order valence-corrected chi connectivity index (χ2v) is 11.1. The van der Waals surface area contributed by atoms with Gasteiger partial charge < -0.3 is 105 Å². The van der Waals surface area contributed by atoms with E-state index in [0.717, 1.165) is 0 Å². The molecule has 0 aromatic rings. The van der Waals surface area contributed by atoms with Gasteiger partial charge in [0, 0.05) is 0 Å². The average molecular weight is 667 g/mol. The first kappa shape index (κ1) is 37.0. The minimum atomic E-state index is -2.02. The molecule has 45 heavy (non-hydrogen) atoms. The number of rotatable bonds is 10. The van der Waals surface area contributed by atoms with Crippen molar-refractivity contribution in [3.63, 3.8) is 0 Å². The molecule has 0 saturated carbocycles. The maximum atomic E-state index is 10.9. The quantitative estimate of drug-likeness (QED) is 0.103. The highest BCUT2D eigenvalue weighted by atomic mass is 16.8. The molecule has 0 aromatic carbocycles. The summed E-state index contributed by atoms with van der Waals surface area (Å²) >= 11 is 0. The summed E-state index contributed by atoms with van der Waals surface area (Å²) in [4.78, 5) is 0. The maximum absolute atomic E-state index is 10.9. The monoisotopic (exact) mass is 666 g/mol. The largest absolute Gasteiger partial charge is 0.394 e. The fourth-order valence-corrected chi connectivity index (χ4v) is 5.55. The number of hydrogen-bond acceptors (Lipinski definition) is 21. The van der Waals surface area contributed by atoms with Crippen LogP contribution in [0.15, 0.2) is 0 Å². The molecule has 0 radical (unpaired) electrons. The normalized spacial score (nSPS) is 52.9. The average Bonchev–Trinajstić information content (AvgIpc) is 3.03. The summed E-state index contributed by atoms with van der Waals surface area (Å²) in [6.45, 7) is -3.39. The highest BCUT2D eigenvalue weighted by Gasteiger charge is 2.55. The van der Waals surface area contributed by atoms with Crippen molar-refractivity contribution in [2.75, 3.05) is 26.4 Å². The molecular weight excluding hydrogens is 624 g/mol. The van der Waals surface area contributed by atoms with Crippen LogP contribution in [-0.4, -0.2) is 221 Å². The summed E-state index contributed by atoms with van der Waals surface area (Å²) in [6, 6.07) is 0. The molecule has 0 bridgehead atoms. The highest BCUT2D eigenvalue weighted by molar-refractivity contribution is 4.97.